The molecule has 0 bridgehead atoms. The third-order valence-corrected chi connectivity index (χ3v) is 6.55. The number of thiazole rings is 1. The second-order valence-corrected chi connectivity index (χ2v) is 9.73. The summed E-state index contributed by atoms with van der Waals surface area (Å²) in [6.45, 7) is 4.71. The Bertz CT molecular complexity index is 1240. The normalized spacial score (nSPS) is 12.9. The van der Waals surface area contributed by atoms with E-state index in [0.29, 0.717) is 23.9 Å². The minimum absolute atomic E-state index is 0.119. The monoisotopic (exact) mass is 598 g/mol. The molecule has 9 heteroatoms. The average Bonchev–Trinajstić information content (AvgIpc) is 3.38. The summed E-state index contributed by atoms with van der Waals surface area (Å²) in [7, 11) is 1.88. The first kappa shape index (κ1) is 30.3. The Hall–Kier alpha value is -2.93. The summed E-state index contributed by atoms with van der Waals surface area (Å²) in [5.74, 6) is -0.935. The van der Waals surface area contributed by atoms with Crippen molar-refractivity contribution in [2.45, 2.75) is 26.2 Å². The van der Waals surface area contributed by atoms with Crippen LogP contribution in [-0.4, -0.2) is 48.6 Å². The Kier molecular flexibility index (Phi) is 13.1. The molecule has 0 radical (unpaired) electrons. The fraction of sp³-hybridized carbons (Fsp3) is 0.286. The van der Waals surface area contributed by atoms with Crippen molar-refractivity contribution in [3.63, 3.8) is 0 Å². The van der Waals surface area contributed by atoms with Gasteiger partial charge in [-0.05, 0) is 37.8 Å². The lowest BCUT2D eigenvalue weighted by Gasteiger charge is -2.24. The van der Waals surface area contributed by atoms with E-state index in [0.717, 1.165) is 21.3 Å². The third kappa shape index (κ3) is 9.47. The highest BCUT2D eigenvalue weighted by Crippen LogP contribution is 2.34. The molecule has 1 unspecified atom stereocenters. The molecule has 1 atom stereocenters. The molecule has 1 aliphatic heterocycles. The minimum atomic E-state index is -0.622. The van der Waals surface area contributed by atoms with Crippen LogP contribution in [0, 0.1) is 18.3 Å². The van der Waals surface area contributed by atoms with E-state index in [2.05, 4.69) is 63.7 Å². The van der Waals surface area contributed by atoms with E-state index in [1.807, 2.05) is 59.8 Å². The van der Waals surface area contributed by atoms with Crippen LogP contribution in [-0.2, 0) is 9.53 Å². The maximum absolute atomic E-state index is 12.0. The number of likely N-dealkylation sites (N-methyl/N-ethyl adjacent to an activating group) is 1. The number of halogens is 1. The summed E-state index contributed by atoms with van der Waals surface area (Å²) < 4.78 is 6.07. The first-order chi connectivity index (χ1) is 17.9. The number of aryl methyl sites for hydroxylation is 1. The maximum Gasteiger partial charge on any atom is 0.310 e. The van der Waals surface area contributed by atoms with Gasteiger partial charge in [0.1, 0.15) is 10.9 Å². The van der Waals surface area contributed by atoms with Gasteiger partial charge in [-0.15, -0.1) is 11.3 Å². The van der Waals surface area contributed by atoms with E-state index in [1.165, 1.54) is 16.9 Å². The van der Waals surface area contributed by atoms with Crippen LogP contribution < -0.4 is 0 Å². The van der Waals surface area contributed by atoms with Gasteiger partial charge >= 0.3 is 5.97 Å². The summed E-state index contributed by atoms with van der Waals surface area (Å²) in [6.07, 6.45) is 3.49. The average molecular weight is 600 g/mol. The first-order valence-corrected chi connectivity index (χ1v) is 14.2. The molecule has 1 aromatic heterocycles. The lowest BCUT2D eigenvalue weighted by Crippen LogP contribution is -2.26. The summed E-state index contributed by atoms with van der Waals surface area (Å²) in [6, 6.07) is 20.4. The van der Waals surface area contributed by atoms with Crippen molar-refractivity contribution in [2.75, 3.05) is 26.5 Å². The zero-order chi connectivity index (χ0) is 27.2. The zero-order valence-electron chi connectivity index (χ0n) is 21.4. The van der Waals surface area contributed by atoms with Crippen LogP contribution in [0.1, 0.15) is 29.8 Å². The van der Waals surface area contributed by atoms with Crippen molar-refractivity contribution in [1.29, 1.82) is 5.26 Å². The number of rotatable bonds is 6. The summed E-state index contributed by atoms with van der Waals surface area (Å²) >= 11 is 8.38. The number of allylic oxidation sites excluding steroid dienone is 1. The molecule has 0 N–H and O–H groups in total. The predicted octanol–water partition coefficient (Wildman–Crippen LogP) is 6.90. The van der Waals surface area contributed by atoms with E-state index in [4.69, 9.17) is 4.74 Å². The van der Waals surface area contributed by atoms with Gasteiger partial charge in [-0.2, -0.15) is 17.9 Å². The molecular weight excluding hydrogens is 568 g/mol. The molecule has 3 aromatic rings. The van der Waals surface area contributed by atoms with Crippen LogP contribution in [0.25, 0.3) is 11.3 Å². The van der Waals surface area contributed by atoms with Crippen molar-refractivity contribution in [3.8, 4) is 17.3 Å². The molecule has 0 fully saturated rings. The molecule has 37 heavy (non-hydrogen) atoms. The van der Waals surface area contributed by atoms with Crippen molar-refractivity contribution >= 4 is 52.2 Å². The number of aliphatic imine (C=N–C) groups is 1. The maximum atomic E-state index is 12.0. The van der Waals surface area contributed by atoms with E-state index < -0.39 is 5.92 Å². The number of hydrogen-bond donors (Lipinski definition) is 1. The Morgan fingerprint density at radius 1 is 1.22 bits per heavy atom. The van der Waals surface area contributed by atoms with Crippen LogP contribution in [0.2, 0.25) is 0 Å². The molecule has 0 saturated carbocycles. The number of hydrogen-bond acceptors (Lipinski definition) is 8. The van der Waals surface area contributed by atoms with Crippen LogP contribution in [0.3, 0.4) is 0 Å². The molecule has 0 saturated heterocycles. The fourth-order valence-electron chi connectivity index (χ4n) is 3.43. The lowest BCUT2D eigenvalue weighted by molar-refractivity contribution is -0.142. The molecule has 2 heterocycles. The van der Waals surface area contributed by atoms with Gasteiger partial charge in [0.25, 0.3) is 0 Å². The Balaban J connectivity index is 0.000000455. The van der Waals surface area contributed by atoms with Gasteiger partial charge in [0.05, 0.1) is 36.8 Å². The Labute approximate surface area is 237 Å². The molecule has 1 aliphatic rings. The Morgan fingerprint density at radius 3 is 2.46 bits per heavy atom. The van der Waals surface area contributed by atoms with Gasteiger partial charge in [0.15, 0.2) is 0 Å². The molecular formula is C28H31BrN4O2S2. The molecule has 0 amide bonds. The lowest BCUT2D eigenvalue weighted by atomic mass is 9.99. The van der Waals surface area contributed by atoms with E-state index >= 15 is 0 Å². The van der Waals surface area contributed by atoms with Crippen molar-refractivity contribution in [3.05, 3.63) is 86.3 Å². The predicted molar refractivity (Wildman–Crippen MR) is 159 cm³/mol. The summed E-state index contributed by atoms with van der Waals surface area (Å²) in [4.78, 5) is 23.0. The van der Waals surface area contributed by atoms with E-state index in [-0.39, 0.29) is 12.4 Å². The quantitative estimate of drug-likeness (QED) is 0.246. The van der Waals surface area contributed by atoms with Crippen LogP contribution in [0.15, 0.2) is 80.7 Å². The standard InChI is InChI=1S/C20H19BrN4O2S.C7H8.CH4S/c1-3-27-18(26)8-14-10-25(2)12-23-19(14)16(9-22)20-24-17(11-28-20)13-4-6-15(21)7-5-13;1-7-5-3-2-4-6-7;1-2/h4-7,11-12,16H,3,8,10H2,1-2H3;2-6H,1H3;2H,1H3. The van der Waals surface area contributed by atoms with Crippen molar-refractivity contribution in [1.82, 2.24) is 9.88 Å². The first-order valence-electron chi connectivity index (χ1n) is 11.6. The molecule has 194 valence electrons. The second kappa shape index (κ2) is 16.0. The number of ether oxygens (including phenoxy) is 1. The summed E-state index contributed by atoms with van der Waals surface area (Å²) in [5, 5.41) is 12.4. The highest BCUT2D eigenvalue weighted by molar-refractivity contribution is 9.10. The van der Waals surface area contributed by atoms with Crippen molar-refractivity contribution < 1.29 is 9.53 Å². The smallest absolute Gasteiger partial charge is 0.310 e. The SMILES string of the molecule is CCOC(=O)CC1=C(C(C#N)c2nc(-c3ccc(Br)cc3)cs2)N=CN(C)C1.CS.Cc1ccccc1. The van der Waals surface area contributed by atoms with Crippen LogP contribution in [0.4, 0.5) is 0 Å². The highest BCUT2D eigenvalue weighted by atomic mass is 79.9. The molecule has 0 spiro atoms. The van der Waals surface area contributed by atoms with Gasteiger partial charge < -0.3 is 9.64 Å². The number of carbonyl (C=O) groups is 1. The van der Waals surface area contributed by atoms with Gasteiger partial charge in [-0.3, -0.25) is 4.79 Å². The number of nitriles is 1. The van der Waals surface area contributed by atoms with Gasteiger partial charge in [0.2, 0.25) is 0 Å². The number of carbonyl (C=O) groups excluding carboxylic acids is 1. The number of aromatic nitrogens is 1. The summed E-state index contributed by atoms with van der Waals surface area (Å²) in [5.41, 5.74) is 4.50. The number of nitrogens with zero attached hydrogens (tertiary/aromatic N) is 4. The number of thiol groups is 1. The molecule has 4 rings (SSSR count). The van der Waals surface area contributed by atoms with Crippen molar-refractivity contribution in [2.24, 2.45) is 4.99 Å². The molecule has 6 nitrogen and oxygen atoms in total. The van der Waals surface area contributed by atoms with Crippen LogP contribution in [0.5, 0.6) is 0 Å². The zero-order valence-corrected chi connectivity index (χ0v) is 24.7. The highest BCUT2D eigenvalue weighted by Gasteiger charge is 2.27. The van der Waals surface area contributed by atoms with E-state index in [9.17, 15) is 10.1 Å². The second-order valence-electron chi connectivity index (χ2n) is 7.92. The number of esters is 1. The molecule has 0 aliphatic carbocycles. The fourth-order valence-corrected chi connectivity index (χ4v) is 4.56. The van der Waals surface area contributed by atoms with Gasteiger partial charge in [-0.1, -0.05) is 64.0 Å². The van der Waals surface area contributed by atoms with Gasteiger partial charge in [0, 0.05) is 29.0 Å². The number of benzene rings is 2. The van der Waals surface area contributed by atoms with E-state index in [1.54, 1.807) is 19.5 Å². The minimum Gasteiger partial charge on any atom is -0.466 e. The molecule has 2 aromatic carbocycles. The Morgan fingerprint density at radius 2 is 1.89 bits per heavy atom. The topological polar surface area (TPSA) is 78.6 Å². The van der Waals surface area contributed by atoms with Crippen LogP contribution >= 0.6 is 39.9 Å². The van der Waals surface area contributed by atoms with Gasteiger partial charge in [-0.25, -0.2) is 9.98 Å². The largest absolute Gasteiger partial charge is 0.466 e. The third-order valence-electron chi connectivity index (χ3n) is 5.11.